The van der Waals surface area contributed by atoms with Crippen LogP contribution in [-0.4, -0.2) is 14.8 Å². The predicted molar refractivity (Wildman–Crippen MR) is 66.0 cm³/mol. The van der Waals surface area contributed by atoms with Gasteiger partial charge in [-0.25, -0.2) is 0 Å². The number of aromatic nitrogens is 3. The van der Waals surface area contributed by atoms with Crippen molar-refractivity contribution in [3.8, 4) is 0 Å². The lowest BCUT2D eigenvalue weighted by atomic mass is 10.00. The minimum Gasteiger partial charge on any atom is -0.276 e. The molecule has 0 aliphatic heterocycles. The van der Waals surface area contributed by atoms with Crippen LogP contribution in [0.4, 0.5) is 0 Å². The molecular weight excluding hydrogens is 214 g/mol. The Labute approximate surface area is 101 Å². The number of hydrogen-bond acceptors (Lipinski definition) is 4. The average molecular weight is 231 g/mol. The van der Waals surface area contributed by atoms with Crippen molar-refractivity contribution in [2.24, 2.45) is 12.9 Å². The summed E-state index contributed by atoms with van der Waals surface area (Å²) in [6.07, 6.45) is 6.33. The van der Waals surface area contributed by atoms with E-state index in [4.69, 9.17) is 5.84 Å². The minimum absolute atomic E-state index is 0.0629. The van der Waals surface area contributed by atoms with E-state index in [0.717, 1.165) is 23.2 Å². The van der Waals surface area contributed by atoms with Gasteiger partial charge in [-0.15, -0.1) is 0 Å². The Morgan fingerprint density at radius 1 is 1.47 bits per heavy atom. The van der Waals surface area contributed by atoms with Crippen LogP contribution in [0.25, 0.3) is 0 Å². The van der Waals surface area contributed by atoms with Crippen molar-refractivity contribution >= 4 is 0 Å². The monoisotopic (exact) mass is 231 g/mol. The van der Waals surface area contributed by atoms with Crippen LogP contribution < -0.4 is 11.3 Å². The Morgan fingerprint density at radius 3 is 2.88 bits per heavy atom. The van der Waals surface area contributed by atoms with Crippen molar-refractivity contribution in [1.82, 2.24) is 20.2 Å². The standard InChI is InChI=1S/C12H17N5/c1-9-8-14-5-3-11(9)12(15-13)7-10-4-6-17(2)16-10/h3-6,8,12,15H,7,13H2,1-2H3. The van der Waals surface area contributed by atoms with E-state index in [2.05, 4.69) is 15.5 Å². The Morgan fingerprint density at radius 2 is 2.29 bits per heavy atom. The van der Waals surface area contributed by atoms with E-state index in [0.29, 0.717) is 0 Å². The molecule has 2 aromatic rings. The first-order valence-corrected chi connectivity index (χ1v) is 5.56. The molecule has 0 aliphatic rings. The molecule has 0 aromatic carbocycles. The number of hydrogen-bond donors (Lipinski definition) is 2. The molecule has 0 fully saturated rings. The van der Waals surface area contributed by atoms with Crippen molar-refractivity contribution in [1.29, 1.82) is 0 Å². The van der Waals surface area contributed by atoms with E-state index in [1.807, 2.05) is 38.5 Å². The van der Waals surface area contributed by atoms with Gasteiger partial charge in [0.2, 0.25) is 0 Å². The molecule has 90 valence electrons. The SMILES string of the molecule is Cc1cnccc1C(Cc1ccn(C)n1)NN. The first-order chi connectivity index (χ1) is 8.20. The number of nitrogens with zero attached hydrogens (tertiary/aromatic N) is 3. The van der Waals surface area contributed by atoms with Gasteiger partial charge in [0.1, 0.15) is 0 Å². The smallest absolute Gasteiger partial charge is 0.0643 e. The summed E-state index contributed by atoms with van der Waals surface area (Å²) in [5.74, 6) is 5.62. The molecule has 0 spiro atoms. The normalized spacial score (nSPS) is 12.6. The summed E-state index contributed by atoms with van der Waals surface area (Å²) < 4.78 is 1.79. The second kappa shape index (κ2) is 5.07. The zero-order valence-electron chi connectivity index (χ0n) is 10.1. The van der Waals surface area contributed by atoms with Gasteiger partial charge >= 0.3 is 0 Å². The molecule has 0 aliphatic carbocycles. The van der Waals surface area contributed by atoms with Crippen molar-refractivity contribution < 1.29 is 0 Å². The fraction of sp³-hybridized carbons (Fsp3) is 0.333. The van der Waals surface area contributed by atoms with Crippen molar-refractivity contribution in [2.75, 3.05) is 0 Å². The Kier molecular flexibility index (Phi) is 3.51. The van der Waals surface area contributed by atoms with Crippen molar-refractivity contribution in [2.45, 2.75) is 19.4 Å². The fourth-order valence-electron chi connectivity index (χ4n) is 1.91. The van der Waals surface area contributed by atoms with Gasteiger partial charge < -0.3 is 0 Å². The topological polar surface area (TPSA) is 68.8 Å². The lowest BCUT2D eigenvalue weighted by Crippen LogP contribution is -2.30. The van der Waals surface area contributed by atoms with Crippen LogP contribution in [0, 0.1) is 6.92 Å². The number of aryl methyl sites for hydroxylation is 2. The van der Waals surface area contributed by atoms with Crippen LogP contribution in [0.5, 0.6) is 0 Å². The maximum atomic E-state index is 5.62. The summed E-state index contributed by atoms with van der Waals surface area (Å²) in [6.45, 7) is 2.03. The number of rotatable bonds is 4. The zero-order chi connectivity index (χ0) is 12.3. The highest BCUT2D eigenvalue weighted by atomic mass is 15.3. The molecule has 3 N–H and O–H groups in total. The number of nitrogens with one attached hydrogen (secondary N) is 1. The van der Waals surface area contributed by atoms with E-state index in [9.17, 15) is 0 Å². The third-order valence-electron chi connectivity index (χ3n) is 2.82. The summed E-state index contributed by atoms with van der Waals surface area (Å²) in [5.41, 5.74) is 6.15. The van der Waals surface area contributed by atoms with Crippen LogP contribution in [-0.2, 0) is 13.5 Å². The van der Waals surface area contributed by atoms with Gasteiger partial charge in [-0.05, 0) is 30.2 Å². The highest BCUT2D eigenvalue weighted by Gasteiger charge is 2.14. The highest BCUT2D eigenvalue weighted by Crippen LogP contribution is 2.19. The van der Waals surface area contributed by atoms with Gasteiger partial charge in [-0.1, -0.05) is 0 Å². The number of pyridine rings is 1. The third-order valence-corrected chi connectivity index (χ3v) is 2.82. The van der Waals surface area contributed by atoms with Gasteiger partial charge in [-0.3, -0.25) is 20.9 Å². The molecule has 1 unspecified atom stereocenters. The Bertz CT molecular complexity index is 491. The second-order valence-electron chi connectivity index (χ2n) is 4.14. The lowest BCUT2D eigenvalue weighted by Gasteiger charge is -2.16. The largest absolute Gasteiger partial charge is 0.276 e. The van der Waals surface area contributed by atoms with Crippen LogP contribution >= 0.6 is 0 Å². The summed E-state index contributed by atoms with van der Waals surface area (Å²) in [5, 5.41) is 4.36. The van der Waals surface area contributed by atoms with E-state index < -0.39 is 0 Å². The molecule has 2 aromatic heterocycles. The van der Waals surface area contributed by atoms with Crippen LogP contribution in [0.3, 0.4) is 0 Å². The molecule has 0 amide bonds. The Hall–Kier alpha value is -1.72. The maximum absolute atomic E-state index is 5.62. The molecular formula is C12H17N5. The molecule has 5 nitrogen and oxygen atoms in total. The van der Waals surface area contributed by atoms with E-state index >= 15 is 0 Å². The first kappa shape index (κ1) is 11.8. The number of nitrogens with two attached hydrogens (primary N) is 1. The fourth-order valence-corrected chi connectivity index (χ4v) is 1.91. The molecule has 0 bridgehead atoms. The lowest BCUT2D eigenvalue weighted by molar-refractivity contribution is 0.538. The molecule has 2 heterocycles. The van der Waals surface area contributed by atoms with Crippen molar-refractivity contribution in [3.63, 3.8) is 0 Å². The zero-order valence-corrected chi connectivity index (χ0v) is 10.1. The molecule has 17 heavy (non-hydrogen) atoms. The highest BCUT2D eigenvalue weighted by molar-refractivity contribution is 5.26. The van der Waals surface area contributed by atoms with E-state index in [1.165, 1.54) is 0 Å². The third kappa shape index (κ3) is 2.69. The average Bonchev–Trinajstić information content (AvgIpc) is 2.73. The van der Waals surface area contributed by atoms with E-state index in [1.54, 1.807) is 10.9 Å². The van der Waals surface area contributed by atoms with Gasteiger partial charge in [0.15, 0.2) is 0 Å². The van der Waals surface area contributed by atoms with E-state index in [-0.39, 0.29) is 6.04 Å². The van der Waals surface area contributed by atoms with Crippen LogP contribution in [0.15, 0.2) is 30.7 Å². The quantitative estimate of drug-likeness (QED) is 0.605. The molecule has 2 rings (SSSR count). The molecule has 1 atom stereocenters. The summed E-state index contributed by atoms with van der Waals surface area (Å²) in [4.78, 5) is 4.08. The van der Waals surface area contributed by atoms with Crippen LogP contribution in [0.1, 0.15) is 22.9 Å². The molecule has 0 saturated carbocycles. The number of hydrazine groups is 1. The van der Waals surface area contributed by atoms with Crippen LogP contribution in [0.2, 0.25) is 0 Å². The summed E-state index contributed by atoms with van der Waals surface area (Å²) in [6, 6.07) is 4.05. The predicted octanol–water partition coefficient (Wildman–Crippen LogP) is 0.871. The maximum Gasteiger partial charge on any atom is 0.0643 e. The van der Waals surface area contributed by atoms with Gasteiger partial charge in [0, 0.05) is 32.1 Å². The molecule has 0 saturated heterocycles. The molecule has 0 radical (unpaired) electrons. The minimum atomic E-state index is 0.0629. The van der Waals surface area contributed by atoms with Gasteiger partial charge in [-0.2, -0.15) is 5.10 Å². The summed E-state index contributed by atoms with van der Waals surface area (Å²) >= 11 is 0. The van der Waals surface area contributed by atoms with Gasteiger partial charge in [0.25, 0.3) is 0 Å². The Balaban J connectivity index is 2.20. The molecule has 5 heteroatoms. The second-order valence-corrected chi connectivity index (χ2v) is 4.14. The van der Waals surface area contributed by atoms with Crippen molar-refractivity contribution in [3.05, 3.63) is 47.5 Å². The summed E-state index contributed by atoms with van der Waals surface area (Å²) in [7, 11) is 1.91. The van der Waals surface area contributed by atoms with Gasteiger partial charge in [0.05, 0.1) is 11.7 Å². The first-order valence-electron chi connectivity index (χ1n) is 5.56.